The SMILES string of the molecule is CCOC(=O)C(O)Cc1ccc(Br)c(Br)c1. The lowest BCUT2D eigenvalue weighted by Gasteiger charge is -2.10. The minimum atomic E-state index is -1.10. The van der Waals surface area contributed by atoms with Gasteiger partial charge in [-0.1, -0.05) is 6.07 Å². The molecule has 0 aliphatic carbocycles. The van der Waals surface area contributed by atoms with Crippen LogP contribution in [0.3, 0.4) is 0 Å². The summed E-state index contributed by atoms with van der Waals surface area (Å²) in [5.74, 6) is -0.582. The van der Waals surface area contributed by atoms with Crippen LogP contribution in [0.15, 0.2) is 27.1 Å². The first-order valence-electron chi connectivity index (χ1n) is 4.83. The number of halogens is 2. The Balaban J connectivity index is 2.66. The van der Waals surface area contributed by atoms with Gasteiger partial charge in [-0.3, -0.25) is 0 Å². The third-order valence-corrected chi connectivity index (χ3v) is 3.85. The highest BCUT2D eigenvalue weighted by Crippen LogP contribution is 2.24. The lowest BCUT2D eigenvalue weighted by molar-refractivity contribution is -0.152. The molecule has 0 heterocycles. The van der Waals surface area contributed by atoms with Gasteiger partial charge >= 0.3 is 5.97 Å². The first kappa shape index (κ1) is 13.7. The van der Waals surface area contributed by atoms with Crippen molar-refractivity contribution in [3.05, 3.63) is 32.7 Å². The fourth-order valence-corrected chi connectivity index (χ4v) is 1.88. The highest BCUT2D eigenvalue weighted by molar-refractivity contribution is 9.13. The second-order valence-electron chi connectivity index (χ2n) is 3.22. The minimum absolute atomic E-state index is 0.255. The van der Waals surface area contributed by atoms with E-state index < -0.39 is 12.1 Å². The van der Waals surface area contributed by atoms with Crippen LogP contribution in [0.5, 0.6) is 0 Å². The fourth-order valence-electron chi connectivity index (χ4n) is 1.21. The molecular formula is C11H12Br2O3. The number of benzene rings is 1. The van der Waals surface area contributed by atoms with E-state index in [1.807, 2.05) is 18.2 Å². The zero-order valence-electron chi connectivity index (χ0n) is 8.74. The topological polar surface area (TPSA) is 46.5 Å². The summed E-state index contributed by atoms with van der Waals surface area (Å²) in [6, 6.07) is 5.56. The van der Waals surface area contributed by atoms with Crippen LogP contribution in [-0.4, -0.2) is 23.8 Å². The highest BCUT2D eigenvalue weighted by atomic mass is 79.9. The monoisotopic (exact) mass is 350 g/mol. The van der Waals surface area contributed by atoms with Gasteiger partial charge in [-0.05, 0) is 56.5 Å². The van der Waals surface area contributed by atoms with Crippen molar-refractivity contribution in [2.24, 2.45) is 0 Å². The van der Waals surface area contributed by atoms with Gasteiger partial charge in [0.25, 0.3) is 0 Å². The number of hydrogen-bond acceptors (Lipinski definition) is 3. The van der Waals surface area contributed by atoms with E-state index in [0.29, 0.717) is 0 Å². The average Bonchev–Trinajstić information content (AvgIpc) is 2.24. The Morgan fingerprint density at radius 2 is 2.12 bits per heavy atom. The van der Waals surface area contributed by atoms with Crippen molar-refractivity contribution in [1.29, 1.82) is 0 Å². The summed E-state index contributed by atoms with van der Waals surface area (Å²) in [4.78, 5) is 11.2. The summed E-state index contributed by atoms with van der Waals surface area (Å²) in [7, 11) is 0. The molecule has 3 nitrogen and oxygen atoms in total. The lowest BCUT2D eigenvalue weighted by atomic mass is 10.1. The maximum Gasteiger partial charge on any atom is 0.335 e. The van der Waals surface area contributed by atoms with Gasteiger partial charge in [0.1, 0.15) is 0 Å². The lowest BCUT2D eigenvalue weighted by Crippen LogP contribution is -2.25. The Morgan fingerprint density at radius 3 is 2.69 bits per heavy atom. The first-order chi connectivity index (χ1) is 7.54. The first-order valence-corrected chi connectivity index (χ1v) is 6.41. The van der Waals surface area contributed by atoms with Crippen molar-refractivity contribution >= 4 is 37.8 Å². The molecule has 0 bridgehead atoms. The summed E-state index contributed by atoms with van der Waals surface area (Å²) < 4.78 is 6.54. The van der Waals surface area contributed by atoms with Crippen molar-refractivity contribution in [3.63, 3.8) is 0 Å². The summed E-state index contributed by atoms with van der Waals surface area (Å²) in [6.07, 6.45) is -0.849. The second kappa shape index (κ2) is 6.37. The van der Waals surface area contributed by atoms with Crippen LogP contribution in [0, 0.1) is 0 Å². The molecule has 0 aromatic heterocycles. The Hall–Kier alpha value is -0.390. The average molecular weight is 352 g/mol. The van der Waals surface area contributed by atoms with Gasteiger partial charge in [0.2, 0.25) is 0 Å². The normalized spacial score (nSPS) is 12.2. The molecule has 1 aromatic carbocycles. The Labute approximate surface area is 111 Å². The third-order valence-electron chi connectivity index (χ3n) is 1.97. The molecule has 0 aliphatic rings. The number of rotatable bonds is 4. The van der Waals surface area contributed by atoms with E-state index >= 15 is 0 Å². The van der Waals surface area contributed by atoms with Crippen LogP contribution >= 0.6 is 31.9 Å². The van der Waals surface area contributed by atoms with E-state index in [-0.39, 0.29) is 13.0 Å². The molecule has 0 saturated carbocycles. The van der Waals surface area contributed by atoms with Crippen LogP contribution in [-0.2, 0) is 16.0 Å². The quantitative estimate of drug-likeness (QED) is 0.848. The van der Waals surface area contributed by atoms with Crippen molar-refractivity contribution in [2.75, 3.05) is 6.61 Å². The molecule has 0 amide bonds. The van der Waals surface area contributed by atoms with E-state index in [9.17, 15) is 9.90 Å². The van der Waals surface area contributed by atoms with E-state index in [0.717, 1.165) is 14.5 Å². The standard InChI is InChI=1S/C11H12Br2O3/c1-2-16-11(15)10(14)6-7-3-4-8(12)9(13)5-7/h3-5,10,14H,2,6H2,1H3. The predicted octanol–water partition coefficient (Wildman–Crippen LogP) is 2.68. The zero-order valence-corrected chi connectivity index (χ0v) is 11.9. The Bertz CT molecular complexity index is 379. The molecule has 88 valence electrons. The second-order valence-corrected chi connectivity index (χ2v) is 4.93. The molecule has 1 rings (SSSR count). The molecule has 0 radical (unpaired) electrons. The van der Waals surface area contributed by atoms with Crippen LogP contribution in [0.4, 0.5) is 0 Å². The number of ether oxygens (including phenoxy) is 1. The summed E-state index contributed by atoms with van der Waals surface area (Å²) in [6.45, 7) is 1.99. The number of hydrogen-bond donors (Lipinski definition) is 1. The summed E-state index contributed by atoms with van der Waals surface area (Å²) in [5, 5.41) is 9.56. The van der Waals surface area contributed by atoms with Crippen LogP contribution in [0.1, 0.15) is 12.5 Å². The van der Waals surface area contributed by atoms with Crippen molar-refractivity contribution in [3.8, 4) is 0 Å². The maximum absolute atomic E-state index is 11.2. The van der Waals surface area contributed by atoms with Gasteiger partial charge in [0.15, 0.2) is 6.10 Å². The molecular weight excluding hydrogens is 340 g/mol. The van der Waals surface area contributed by atoms with Crippen molar-refractivity contribution in [2.45, 2.75) is 19.4 Å². The van der Waals surface area contributed by atoms with Gasteiger partial charge in [-0.15, -0.1) is 0 Å². The van der Waals surface area contributed by atoms with Gasteiger partial charge in [-0.25, -0.2) is 4.79 Å². The molecule has 1 N–H and O–H groups in total. The van der Waals surface area contributed by atoms with Gasteiger partial charge in [0.05, 0.1) is 6.61 Å². The minimum Gasteiger partial charge on any atom is -0.464 e. The third kappa shape index (κ3) is 3.88. The summed E-state index contributed by atoms with van der Waals surface area (Å²) >= 11 is 6.71. The van der Waals surface area contributed by atoms with E-state index in [2.05, 4.69) is 31.9 Å². The molecule has 0 spiro atoms. The van der Waals surface area contributed by atoms with E-state index in [4.69, 9.17) is 4.74 Å². The zero-order chi connectivity index (χ0) is 12.1. The molecule has 0 aliphatic heterocycles. The number of aliphatic hydroxyl groups excluding tert-OH is 1. The van der Waals surface area contributed by atoms with E-state index in [1.54, 1.807) is 6.92 Å². The fraction of sp³-hybridized carbons (Fsp3) is 0.364. The Kier molecular flexibility index (Phi) is 5.44. The largest absolute Gasteiger partial charge is 0.464 e. The molecule has 16 heavy (non-hydrogen) atoms. The van der Waals surface area contributed by atoms with Crippen LogP contribution in [0.25, 0.3) is 0 Å². The molecule has 1 aromatic rings. The highest BCUT2D eigenvalue weighted by Gasteiger charge is 2.16. The van der Waals surface area contributed by atoms with Crippen molar-refractivity contribution in [1.82, 2.24) is 0 Å². The number of esters is 1. The van der Waals surface area contributed by atoms with Crippen LogP contribution in [0.2, 0.25) is 0 Å². The maximum atomic E-state index is 11.2. The van der Waals surface area contributed by atoms with Gasteiger partial charge < -0.3 is 9.84 Å². The summed E-state index contributed by atoms with van der Waals surface area (Å²) in [5.41, 5.74) is 0.871. The smallest absolute Gasteiger partial charge is 0.335 e. The van der Waals surface area contributed by atoms with Crippen molar-refractivity contribution < 1.29 is 14.6 Å². The number of aliphatic hydroxyl groups is 1. The van der Waals surface area contributed by atoms with Gasteiger partial charge in [-0.2, -0.15) is 0 Å². The molecule has 5 heteroatoms. The molecule has 1 unspecified atom stereocenters. The van der Waals surface area contributed by atoms with Crippen LogP contribution < -0.4 is 0 Å². The van der Waals surface area contributed by atoms with Gasteiger partial charge in [0, 0.05) is 15.4 Å². The Morgan fingerprint density at radius 1 is 1.44 bits per heavy atom. The molecule has 0 saturated heterocycles. The molecule has 0 fully saturated rings. The number of carbonyl (C=O) groups excluding carboxylic acids is 1. The number of carbonyl (C=O) groups is 1. The predicted molar refractivity (Wildman–Crippen MR) is 68.2 cm³/mol. The van der Waals surface area contributed by atoms with E-state index in [1.165, 1.54) is 0 Å². The molecule has 1 atom stereocenters.